The van der Waals surface area contributed by atoms with Crippen molar-refractivity contribution in [1.82, 2.24) is 5.32 Å². The third-order valence-corrected chi connectivity index (χ3v) is 7.76. The van der Waals surface area contributed by atoms with Crippen LogP contribution in [-0.2, 0) is 20.9 Å². The number of esters is 1. The summed E-state index contributed by atoms with van der Waals surface area (Å²) in [5.74, 6) is -0.206. The molecule has 2 aliphatic rings. The van der Waals surface area contributed by atoms with Crippen LogP contribution in [0.2, 0.25) is 0 Å². The van der Waals surface area contributed by atoms with Gasteiger partial charge >= 0.3 is 5.97 Å². The summed E-state index contributed by atoms with van der Waals surface area (Å²) in [5, 5.41) is 15.6. The predicted molar refractivity (Wildman–Crippen MR) is 138 cm³/mol. The van der Waals surface area contributed by atoms with Crippen LogP contribution in [0.3, 0.4) is 0 Å². The molecule has 36 heavy (non-hydrogen) atoms. The summed E-state index contributed by atoms with van der Waals surface area (Å²) in [4.78, 5) is 28.2. The fourth-order valence-electron chi connectivity index (χ4n) is 5.02. The molecule has 2 atom stereocenters. The van der Waals surface area contributed by atoms with Crippen molar-refractivity contribution in [3.8, 4) is 11.5 Å². The molecule has 2 N–H and O–H groups in total. The summed E-state index contributed by atoms with van der Waals surface area (Å²) in [6.07, 6.45) is 1.06. The lowest BCUT2D eigenvalue weighted by molar-refractivity contribution is -0.140. The lowest BCUT2D eigenvalue weighted by Gasteiger charge is -2.36. The van der Waals surface area contributed by atoms with E-state index in [1.807, 2.05) is 48.7 Å². The lowest BCUT2D eigenvalue weighted by atomic mass is 9.72. The van der Waals surface area contributed by atoms with E-state index in [9.17, 15) is 14.7 Å². The van der Waals surface area contributed by atoms with Crippen LogP contribution in [0.5, 0.6) is 11.5 Å². The van der Waals surface area contributed by atoms with E-state index in [-0.39, 0.29) is 24.1 Å². The van der Waals surface area contributed by atoms with Gasteiger partial charge in [0.1, 0.15) is 18.1 Å². The second-order valence-electron chi connectivity index (χ2n) is 9.05. The second kappa shape index (κ2) is 10.0. The van der Waals surface area contributed by atoms with Crippen LogP contribution in [0.25, 0.3) is 0 Å². The summed E-state index contributed by atoms with van der Waals surface area (Å²) in [6.45, 7) is 1.93. The molecule has 1 aliphatic carbocycles. The summed E-state index contributed by atoms with van der Waals surface area (Å²) < 4.78 is 10.9. The van der Waals surface area contributed by atoms with Crippen LogP contribution < -0.4 is 10.1 Å². The molecule has 1 aromatic heterocycles. The van der Waals surface area contributed by atoms with Gasteiger partial charge in [0.05, 0.1) is 12.7 Å². The van der Waals surface area contributed by atoms with E-state index in [0.717, 1.165) is 17.0 Å². The zero-order valence-electron chi connectivity index (χ0n) is 20.1. The number of Topliss-reactive ketones (excluding diaryl/α,β-unsaturated/α-hetero) is 1. The third kappa shape index (κ3) is 4.66. The molecule has 0 bridgehead atoms. The number of phenols is 1. The predicted octanol–water partition coefficient (Wildman–Crippen LogP) is 5.57. The molecule has 5 rings (SSSR count). The van der Waals surface area contributed by atoms with Crippen molar-refractivity contribution in [3.05, 3.63) is 105 Å². The number of benzene rings is 2. The number of ether oxygens (including phenoxy) is 2. The van der Waals surface area contributed by atoms with Gasteiger partial charge in [-0.2, -0.15) is 0 Å². The number of methoxy groups -OCH3 is 1. The number of carbonyl (C=O) groups is 2. The Labute approximate surface area is 213 Å². The molecule has 1 aliphatic heterocycles. The topological polar surface area (TPSA) is 84.9 Å². The van der Waals surface area contributed by atoms with Gasteiger partial charge < -0.3 is 19.9 Å². The van der Waals surface area contributed by atoms with Crippen molar-refractivity contribution in [2.24, 2.45) is 0 Å². The zero-order valence-corrected chi connectivity index (χ0v) is 20.9. The number of ketones is 1. The molecule has 0 radical (unpaired) electrons. The summed E-state index contributed by atoms with van der Waals surface area (Å²) >= 11 is 1.65. The molecule has 184 valence electrons. The van der Waals surface area contributed by atoms with Gasteiger partial charge in [-0.3, -0.25) is 4.79 Å². The maximum absolute atomic E-state index is 13.6. The highest BCUT2D eigenvalue weighted by Crippen LogP contribution is 2.46. The summed E-state index contributed by atoms with van der Waals surface area (Å²) in [7, 11) is 1.60. The number of hydrogen-bond acceptors (Lipinski definition) is 7. The van der Waals surface area contributed by atoms with Crippen LogP contribution in [0.4, 0.5) is 0 Å². The molecule has 0 saturated heterocycles. The Balaban J connectivity index is 1.48. The van der Waals surface area contributed by atoms with Gasteiger partial charge in [-0.1, -0.05) is 30.3 Å². The Morgan fingerprint density at radius 1 is 1.11 bits per heavy atom. The molecule has 2 heterocycles. The quantitative estimate of drug-likeness (QED) is 0.430. The molecule has 0 saturated carbocycles. The zero-order chi connectivity index (χ0) is 25.2. The number of thiophene rings is 1. The van der Waals surface area contributed by atoms with Crippen molar-refractivity contribution >= 4 is 23.1 Å². The standard InChI is InChI=1S/C29H27NO5S/c1-17-26(29(33)35-16-18-8-10-22(34-2)11-9-18)27(19-5-3-6-21(31)13-19)28-23(30-17)14-20(15-24(28)32)25-7-4-12-36-25/h3-13,20,27,30-31H,14-16H2,1-2H3/t20-,27+/m1/s1. The lowest BCUT2D eigenvalue weighted by Crippen LogP contribution is -2.36. The molecule has 7 heteroatoms. The largest absolute Gasteiger partial charge is 0.508 e. The van der Waals surface area contributed by atoms with Crippen LogP contribution >= 0.6 is 11.3 Å². The van der Waals surface area contributed by atoms with Crippen molar-refractivity contribution in [3.63, 3.8) is 0 Å². The fraction of sp³-hybridized carbons (Fsp3) is 0.241. The minimum Gasteiger partial charge on any atom is -0.508 e. The van der Waals surface area contributed by atoms with Crippen molar-refractivity contribution in [2.45, 2.75) is 38.2 Å². The minimum absolute atomic E-state index is 0.00319. The van der Waals surface area contributed by atoms with E-state index in [4.69, 9.17) is 9.47 Å². The highest BCUT2D eigenvalue weighted by Gasteiger charge is 2.41. The Kier molecular flexibility index (Phi) is 6.65. The van der Waals surface area contributed by atoms with Gasteiger partial charge in [0.15, 0.2) is 5.78 Å². The normalized spacial score (nSPS) is 19.6. The molecule has 0 fully saturated rings. The van der Waals surface area contributed by atoms with Crippen LogP contribution in [0.1, 0.15) is 47.6 Å². The number of phenolic OH excluding ortho intramolecular Hbond substituents is 1. The number of nitrogens with one attached hydrogen (secondary N) is 1. The Hall–Kier alpha value is -3.84. The number of hydrogen-bond donors (Lipinski definition) is 2. The molecule has 2 aromatic carbocycles. The van der Waals surface area contributed by atoms with Crippen molar-refractivity contribution in [1.29, 1.82) is 0 Å². The summed E-state index contributed by atoms with van der Waals surface area (Å²) in [5.41, 5.74) is 3.96. The molecule has 6 nitrogen and oxygen atoms in total. The SMILES string of the molecule is COc1ccc(COC(=O)C2=C(C)NC3=C(C(=O)C[C@H](c4cccs4)C3)[C@H]2c2cccc(O)c2)cc1. The Bertz CT molecular complexity index is 1350. The number of dihydropyridines is 1. The smallest absolute Gasteiger partial charge is 0.337 e. The van der Waals surface area contributed by atoms with Gasteiger partial charge in [-0.05, 0) is 60.2 Å². The minimum atomic E-state index is -0.617. The number of carbonyl (C=O) groups excluding carboxylic acids is 2. The van der Waals surface area contributed by atoms with E-state index in [2.05, 4.69) is 11.4 Å². The van der Waals surface area contributed by atoms with E-state index < -0.39 is 11.9 Å². The van der Waals surface area contributed by atoms with Crippen molar-refractivity contribution < 1.29 is 24.2 Å². The van der Waals surface area contributed by atoms with Gasteiger partial charge in [0.25, 0.3) is 0 Å². The Morgan fingerprint density at radius 3 is 2.61 bits per heavy atom. The first-order valence-electron chi connectivity index (χ1n) is 11.8. The van der Waals surface area contributed by atoms with Gasteiger partial charge in [-0.15, -0.1) is 11.3 Å². The molecule has 0 unspecified atom stereocenters. The monoisotopic (exact) mass is 501 g/mol. The van der Waals surface area contributed by atoms with Crippen molar-refractivity contribution in [2.75, 3.05) is 7.11 Å². The molecule has 3 aromatic rings. The summed E-state index contributed by atoms with van der Waals surface area (Å²) in [6, 6.07) is 18.1. The highest BCUT2D eigenvalue weighted by molar-refractivity contribution is 7.10. The number of aromatic hydroxyl groups is 1. The Morgan fingerprint density at radius 2 is 1.92 bits per heavy atom. The maximum atomic E-state index is 13.6. The fourth-order valence-corrected chi connectivity index (χ4v) is 5.85. The molecular formula is C29H27NO5S. The average molecular weight is 502 g/mol. The van der Waals surface area contributed by atoms with E-state index >= 15 is 0 Å². The first kappa shape index (κ1) is 23.9. The van der Waals surface area contributed by atoms with Crippen LogP contribution in [0.15, 0.2) is 88.6 Å². The third-order valence-electron chi connectivity index (χ3n) is 6.73. The number of allylic oxidation sites excluding steroid dienone is 3. The van der Waals surface area contributed by atoms with E-state index in [0.29, 0.717) is 35.2 Å². The van der Waals surface area contributed by atoms with Gasteiger partial charge in [-0.25, -0.2) is 4.79 Å². The van der Waals surface area contributed by atoms with Gasteiger partial charge in [0.2, 0.25) is 0 Å². The van der Waals surface area contributed by atoms with Gasteiger partial charge in [0, 0.05) is 40.1 Å². The molecule has 0 spiro atoms. The van der Waals surface area contributed by atoms with Crippen LogP contribution in [0, 0.1) is 0 Å². The first-order valence-corrected chi connectivity index (χ1v) is 12.7. The second-order valence-corrected chi connectivity index (χ2v) is 10.0. The highest BCUT2D eigenvalue weighted by atomic mass is 32.1. The van der Waals surface area contributed by atoms with E-state index in [1.54, 1.807) is 36.6 Å². The number of rotatable bonds is 6. The molecule has 0 amide bonds. The van der Waals surface area contributed by atoms with E-state index in [1.165, 1.54) is 4.88 Å². The first-order chi connectivity index (χ1) is 17.4. The molecular weight excluding hydrogens is 474 g/mol. The average Bonchev–Trinajstić information content (AvgIpc) is 3.42. The maximum Gasteiger partial charge on any atom is 0.337 e. The van der Waals surface area contributed by atoms with Crippen LogP contribution in [-0.4, -0.2) is 24.0 Å².